The quantitative estimate of drug-likeness (QED) is 0.838. The monoisotopic (exact) mass is 291 g/mol. The fourth-order valence-corrected chi connectivity index (χ4v) is 2.35. The number of rotatable bonds is 2. The Morgan fingerprint density at radius 2 is 1.81 bits per heavy atom. The first-order valence-corrected chi connectivity index (χ1v) is 7.10. The van der Waals surface area contributed by atoms with E-state index in [2.05, 4.69) is 0 Å². The Morgan fingerprint density at radius 1 is 1.19 bits per heavy atom. The molecule has 21 heavy (non-hydrogen) atoms. The summed E-state index contributed by atoms with van der Waals surface area (Å²) in [6, 6.07) is 5.33. The molecule has 1 aromatic rings. The van der Waals surface area contributed by atoms with Crippen LogP contribution < -0.4 is 5.73 Å². The third kappa shape index (κ3) is 3.45. The Hall–Kier alpha value is -2.24. The molecule has 2 rings (SSSR count). The second-order valence-electron chi connectivity index (χ2n) is 5.05. The number of nitrogens with zero attached hydrogens (tertiary/aromatic N) is 2. The van der Waals surface area contributed by atoms with E-state index in [4.69, 9.17) is 10.5 Å². The second-order valence-corrected chi connectivity index (χ2v) is 5.05. The van der Waals surface area contributed by atoms with Crippen molar-refractivity contribution < 1.29 is 14.3 Å². The van der Waals surface area contributed by atoms with Gasteiger partial charge < -0.3 is 20.3 Å². The number of amides is 2. The molecule has 2 amide bonds. The summed E-state index contributed by atoms with van der Waals surface area (Å²) in [6.45, 7) is 6.03. The van der Waals surface area contributed by atoms with E-state index in [9.17, 15) is 9.59 Å². The molecule has 0 spiro atoms. The predicted molar refractivity (Wildman–Crippen MR) is 80.1 cm³/mol. The summed E-state index contributed by atoms with van der Waals surface area (Å²) in [6.07, 6.45) is -0.315. The van der Waals surface area contributed by atoms with Crippen LogP contribution in [0.5, 0.6) is 0 Å². The van der Waals surface area contributed by atoms with Crippen molar-refractivity contribution in [1.29, 1.82) is 0 Å². The average molecular weight is 291 g/mol. The summed E-state index contributed by atoms with van der Waals surface area (Å²) in [5.74, 6) is -0.0386. The Labute approximate surface area is 124 Å². The highest BCUT2D eigenvalue weighted by molar-refractivity contribution is 5.96. The van der Waals surface area contributed by atoms with Crippen molar-refractivity contribution in [1.82, 2.24) is 9.80 Å². The van der Waals surface area contributed by atoms with Crippen LogP contribution in [0.1, 0.15) is 22.8 Å². The summed E-state index contributed by atoms with van der Waals surface area (Å²) in [5, 5.41) is 0. The van der Waals surface area contributed by atoms with E-state index in [0.717, 1.165) is 5.56 Å². The lowest BCUT2D eigenvalue weighted by Crippen LogP contribution is -2.50. The summed E-state index contributed by atoms with van der Waals surface area (Å²) in [7, 11) is 0. The number of ether oxygens (including phenoxy) is 1. The Morgan fingerprint density at radius 3 is 2.43 bits per heavy atom. The molecule has 0 aliphatic carbocycles. The van der Waals surface area contributed by atoms with Crippen molar-refractivity contribution in [3.8, 4) is 0 Å². The average Bonchev–Trinajstić information content (AvgIpc) is 2.49. The lowest BCUT2D eigenvalue weighted by molar-refractivity contribution is 0.0570. The lowest BCUT2D eigenvalue weighted by Gasteiger charge is -2.34. The minimum Gasteiger partial charge on any atom is -0.450 e. The highest BCUT2D eigenvalue weighted by Crippen LogP contribution is 2.16. The second kappa shape index (κ2) is 6.47. The van der Waals surface area contributed by atoms with Gasteiger partial charge in [0.05, 0.1) is 6.61 Å². The maximum Gasteiger partial charge on any atom is 0.409 e. The Kier molecular flexibility index (Phi) is 4.67. The molecular weight excluding hydrogens is 270 g/mol. The van der Waals surface area contributed by atoms with E-state index in [1.165, 1.54) is 0 Å². The van der Waals surface area contributed by atoms with Crippen molar-refractivity contribution in [2.24, 2.45) is 0 Å². The van der Waals surface area contributed by atoms with Crippen molar-refractivity contribution >= 4 is 17.7 Å². The number of anilines is 1. The van der Waals surface area contributed by atoms with Crippen LogP contribution in [0, 0.1) is 6.92 Å². The molecule has 1 fully saturated rings. The molecule has 0 radical (unpaired) electrons. The number of nitrogens with two attached hydrogens (primary N) is 1. The summed E-state index contributed by atoms with van der Waals surface area (Å²) < 4.78 is 4.96. The van der Waals surface area contributed by atoms with Gasteiger partial charge in [-0.05, 0) is 31.5 Å². The van der Waals surface area contributed by atoms with Crippen LogP contribution in [0.15, 0.2) is 18.2 Å². The van der Waals surface area contributed by atoms with Gasteiger partial charge in [-0.15, -0.1) is 0 Å². The highest BCUT2D eigenvalue weighted by atomic mass is 16.6. The fourth-order valence-electron chi connectivity index (χ4n) is 2.35. The molecule has 2 N–H and O–H groups in total. The molecular formula is C15H21N3O3. The van der Waals surface area contributed by atoms with Gasteiger partial charge in [-0.1, -0.05) is 6.07 Å². The third-order valence-corrected chi connectivity index (χ3v) is 3.58. The van der Waals surface area contributed by atoms with Gasteiger partial charge in [0.1, 0.15) is 0 Å². The SMILES string of the molecule is CCOC(=O)N1CCN(C(=O)c2cc(N)ccc2C)CC1. The van der Waals surface area contributed by atoms with E-state index in [0.29, 0.717) is 44.0 Å². The zero-order valence-corrected chi connectivity index (χ0v) is 12.5. The first-order chi connectivity index (χ1) is 10.0. The molecule has 0 atom stereocenters. The number of benzene rings is 1. The van der Waals surface area contributed by atoms with Gasteiger partial charge >= 0.3 is 6.09 Å². The van der Waals surface area contributed by atoms with Gasteiger partial charge in [-0.25, -0.2) is 4.79 Å². The number of carbonyl (C=O) groups excluding carboxylic acids is 2. The van der Waals surface area contributed by atoms with Crippen LogP contribution in [0.25, 0.3) is 0 Å². The van der Waals surface area contributed by atoms with Crippen molar-refractivity contribution in [3.63, 3.8) is 0 Å². The summed E-state index contributed by atoms with van der Waals surface area (Å²) in [5.41, 5.74) is 7.86. The molecule has 1 heterocycles. The van der Waals surface area contributed by atoms with Gasteiger partial charge in [-0.3, -0.25) is 4.79 Å². The molecule has 1 aliphatic rings. The van der Waals surface area contributed by atoms with Crippen LogP contribution in [-0.2, 0) is 4.74 Å². The van der Waals surface area contributed by atoms with Crippen molar-refractivity contribution in [2.75, 3.05) is 38.5 Å². The van der Waals surface area contributed by atoms with Crippen molar-refractivity contribution in [2.45, 2.75) is 13.8 Å². The van der Waals surface area contributed by atoms with Crippen LogP contribution in [0.3, 0.4) is 0 Å². The number of hydrogen-bond donors (Lipinski definition) is 1. The fraction of sp³-hybridized carbons (Fsp3) is 0.467. The van der Waals surface area contributed by atoms with E-state index < -0.39 is 0 Å². The molecule has 6 nitrogen and oxygen atoms in total. The normalized spacial score (nSPS) is 15.0. The Balaban J connectivity index is 2.00. The largest absolute Gasteiger partial charge is 0.450 e. The molecule has 1 saturated heterocycles. The van der Waals surface area contributed by atoms with E-state index >= 15 is 0 Å². The number of carbonyl (C=O) groups is 2. The van der Waals surface area contributed by atoms with Gasteiger partial charge in [0.2, 0.25) is 0 Å². The molecule has 6 heteroatoms. The molecule has 1 aromatic carbocycles. The Bertz CT molecular complexity index is 537. The minimum absolute atomic E-state index is 0.0386. The van der Waals surface area contributed by atoms with Crippen LogP contribution in [-0.4, -0.2) is 54.6 Å². The first-order valence-electron chi connectivity index (χ1n) is 7.10. The third-order valence-electron chi connectivity index (χ3n) is 3.58. The van der Waals surface area contributed by atoms with E-state index in [1.54, 1.807) is 28.9 Å². The number of aryl methyl sites for hydroxylation is 1. The molecule has 0 unspecified atom stereocenters. The highest BCUT2D eigenvalue weighted by Gasteiger charge is 2.26. The van der Waals surface area contributed by atoms with Crippen LogP contribution >= 0.6 is 0 Å². The maximum atomic E-state index is 12.5. The van der Waals surface area contributed by atoms with E-state index in [-0.39, 0.29) is 12.0 Å². The van der Waals surface area contributed by atoms with Gasteiger partial charge in [0.25, 0.3) is 5.91 Å². The first kappa shape index (κ1) is 15.2. The minimum atomic E-state index is -0.315. The lowest BCUT2D eigenvalue weighted by atomic mass is 10.1. The molecule has 0 saturated carbocycles. The van der Waals surface area contributed by atoms with Crippen LogP contribution in [0.4, 0.5) is 10.5 Å². The smallest absolute Gasteiger partial charge is 0.409 e. The van der Waals surface area contributed by atoms with Gasteiger partial charge in [0, 0.05) is 37.4 Å². The predicted octanol–water partition coefficient (Wildman–Crippen LogP) is 1.49. The van der Waals surface area contributed by atoms with Crippen LogP contribution in [0.2, 0.25) is 0 Å². The van der Waals surface area contributed by atoms with Gasteiger partial charge in [-0.2, -0.15) is 0 Å². The molecule has 114 valence electrons. The number of piperazine rings is 1. The zero-order chi connectivity index (χ0) is 15.4. The summed E-state index contributed by atoms with van der Waals surface area (Å²) in [4.78, 5) is 27.5. The standard InChI is InChI=1S/C15H21N3O3/c1-3-21-15(20)18-8-6-17(7-9-18)14(19)13-10-12(16)5-4-11(13)2/h4-5,10H,3,6-9,16H2,1-2H3. The molecule has 1 aliphatic heterocycles. The topological polar surface area (TPSA) is 75.9 Å². The van der Waals surface area contributed by atoms with E-state index in [1.807, 2.05) is 13.0 Å². The zero-order valence-electron chi connectivity index (χ0n) is 12.5. The molecule has 0 bridgehead atoms. The molecule has 0 aromatic heterocycles. The van der Waals surface area contributed by atoms with Crippen molar-refractivity contribution in [3.05, 3.63) is 29.3 Å². The number of nitrogen functional groups attached to an aromatic ring is 1. The summed E-state index contributed by atoms with van der Waals surface area (Å²) >= 11 is 0. The number of hydrogen-bond acceptors (Lipinski definition) is 4. The maximum absolute atomic E-state index is 12.5. The van der Waals surface area contributed by atoms with Gasteiger partial charge in [0.15, 0.2) is 0 Å².